The zero-order valence-corrected chi connectivity index (χ0v) is 27.9. The molecule has 0 unspecified atom stereocenters. The number of para-hydroxylation sites is 4. The molecule has 0 aliphatic heterocycles. The monoisotopic (exact) mass is 652 g/mol. The van der Waals surface area contributed by atoms with Gasteiger partial charge in [0.05, 0.1) is 28.7 Å². The van der Waals surface area contributed by atoms with E-state index >= 15 is 0 Å². The summed E-state index contributed by atoms with van der Waals surface area (Å²) in [6.45, 7) is 2.91. The first-order valence-corrected chi connectivity index (χ1v) is 17.5. The molecule has 6 aromatic carbocycles. The molecule has 0 saturated carbocycles. The molecule has 0 radical (unpaired) electrons. The molecule has 0 aliphatic carbocycles. The van der Waals surface area contributed by atoms with E-state index in [-0.39, 0.29) is 0 Å². The van der Waals surface area contributed by atoms with Crippen LogP contribution in [0.15, 0.2) is 144 Å². The van der Waals surface area contributed by atoms with Crippen molar-refractivity contribution in [2.75, 3.05) is 6.61 Å². The lowest BCUT2D eigenvalue weighted by Gasteiger charge is -2.14. The average Bonchev–Trinajstić information content (AvgIpc) is 3.88. The quantitative estimate of drug-likeness (QED) is 0.138. The van der Waals surface area contributed by atoms with Crippen molar-refractivity contribution >= 4 is 43.6 Å². The topological polar surface area (TPSA) is 58.0 Å². The summed E-state index contributed by atoms with van der Waals surface area (Å²) < 4.78 is 17.2. The maximum Gasteiger partial charge on any atom is 0.248 e. The van der Waals surface area contributed by atoms with Crippen LogP contribution in [0.5, 0.6) is 5.75 Å². The molecule has 0 N–H and O–H groups in total. The van der Waals surface area contributed by atoms with Crippen molar-refractivity contribution in [1.82, 2.24) is 19.3 Å². The number of nitrogens with zero attached hydrogens (tertiary/aromatic N) is 4. The van der Waals surface area contributed by atoms with Crippen molar-refractivity contribution < 1.29 is 9.15 Å². The number of fused-ring (bicyclic) bond motifs is 6. The van der Waals surface area contributed by atoms with Crippen molar-refractivity contribution in [1.29, 1.82) is 0 Å². The highest BCUT2D eigenvalue weighted by Crippen LogP contribution is 2.38. The third kappa shape index (κ3) is 5.21. The molecule has 0 aliphatic rings. The van der Waals surface area contributed by atoms with Gasteiger partial charge in [-0.1, -0.05) is 105 Å². The second kappa shape index (κ2) is 12.7. The molecular weight excluding hydrogens is 617 g/mol. The fourth-order valence-corrected chi connectivity index (χ4v) is 7.27. The summed E-state index contributed by atoms with van der Waals surface area (Å²) in [5.74, 6) is 1.72. The Hall–Kier alpha value is -6.14. The summed E-state index contributed by atoms with van der Waals surface area (Å²) in [5, 5.41) is 14.0. The van der Waals surface area contributed by atoms with Gasteiger partial charge >= 0.3 is 0 Å². The Labute approximate surface area is 290 Å². The first kappa shape index (κ1) is 30.0. The van der Waals surface area contributed by atoms with Crippen molar-refractivity contribution in [2.45, 2.75) is 32.6 Å². The van der Waals surface area contributed by atoms with Crippen LogP contribution in [-0.4, -0.2) is 25.9 Å². The summed E-state index contributed by atoms with van der Waals surface area (Å²) in [6.07, 6.45) is 4.65. The smallest absolute Gasteiger partial charge is 0.248 e. The second-order valence-corrected chi connectivity index (χ2v) is 12.8. The second-order valence-electron chi connectivity index (χ2n) is 12.8. The SMILES string of the molecule is CCCCCCOc1cccc(-c2nnc(-c3cc(-n4c5ccccc5c5ccccc54)cc(-n4c5ccccc5c5ccccc54)c3)o2)c1. The summed E-state index contributed by atoms with van der Waals surface area (Å²) in [7, 11) is 0. The molecule has 9 aromatic rings. The van der Waals surface area contributed by atoms with Crippen LogP contribution in [0, 0.1) is 0 Å². The Bertz CT molecular complexity index is 2400. The van der Waals surface area contributed by atoms with Crippen molar-refractivity contribution in [2.24, 2.45) is 0 Å². The number of rotatable bonds is 10. The van der Waals surface area contributed by atoms with Crippen molar-refractivity contribution in [3.8, 4) is 40.0 Å². The van der Waals surface area contributed by atoms with Crippen LogP contribution in [0.2, 0.25) is 0 Å². The fraction of sp³-hybridized carbons (Fsp3) is 0.136. The van der Waals surface area contributed by atoms with E-state index in [1.54, 1.807) is 0 Å². The van der Waals surface area contributed by atoms with Gasteiger partial charge in [-0.2, -0.15) is 0 Å². The lowest BCUT2D eigenvalue weighted by molar-refractivity contribution is 0.305. The number of benzene rings is 6. The van der Waals surface area contributed by atoms with Gasteiger partial charge in [-0.15, -0.1) is 10.2 Å². The van der Waals surface area contributed by atoms with Crippen LogP contribution < -0.4 is 4.74 Å². The molecule has 0 amide bonds. The van der Waals surface area contributed by atoms with Gasteiger partial charge in [-0.25, -0.2) is 0 Å². The first-order chi connectivity index (χ1) is 24.8. The highest BCUT2D eigenvalue weighted by molar-refractivity contribution is 6.10. The molecule has 50 heavy (non-hydrogen) atoms. The van der Waals surface area contributed by atoms with E-state index in [0.717, 1.165) is 56.7 Å². The Balaban J connectivity index is 1.21. The Morgan fingerprint density at radius 3 is 1.52 bits per heavy atom. The highest BCUT2D eigenvalue weighted by atomic mass is 16.5. The van der Waals surface area contributed by atoms with Crippen molar-refractivity contribution in [3.63, 3.8) is 0 Å². The van der Waals surface area contributed by atoms with Crippen LogP contribution in [-0.2, 0) is 0 Å². The van der Waals surface area contributed by atoms with Gasteiger partial charge in [0, 0.05) is 44.0 Å². The lowest BCUT2D eigenvalue weighted by Crippen LogP contribution is -2.00. The van der Waals surface area contributed by atoms with E-state index in [1.165, 1.54) is 40.8 Å². The minimum absolute atomic E-state index is 0.454. The molecule has 3 aromatic heterocycles. The number of hydrogen-bond acceptors (Lipinski definition) is 4. The van der Waals surface area contributed by atoms with Gasteiger partial charge in [-0.05, 0) is 67.1 Å². The molecule has 6 nitrogen and oxygen atoms in total. The number of ether oxygens (including phenoxy) is 1. The van der Waals surface area contributed by atoms with E-state index in [0.29, 0.717) is 18.4 Å². The molecule has 9 rings (SSSR count). The molecule has 0 fully saturated rings. The normalized spacial score (nSPS) is 11.7. The van der Waals surface area contributed by atoms with Gasteiger partial charge < -0.3 is 18.3 Å². The molecule has 0 bridgehead atoms. The van der Waals surface area contributed by atoms with Gasteiger partial charge in [0.2, 0.25) is 11.8 Å². The van der Waals surface area contributed by atoms with Gasteiger partial charge in [0.25, 0.3) is 0 Å². The van der Waals surface area contributed by atoms with Gasteiger partial charge in [-0.3, -0.25) is 0 Å². The maximum atomic E-state index is 6.47. The maximum absolute atomic E-state index is 6.47. The lowest BCUT2D eigenvalue weighted by atomic mass is 10.1. The third-order valence-electron chi connectivity index (χ3n) is 9.60. The van der Waals surface area contributed by atoms with Crippen LogP contribution in [0.3, 0.4) is 0 Å². The standard InChI is InChI=1S/C44H36N4O2/c1-2-3-4-13-25-49-34-16-14-15-30(28-34)43-45-46-44(50-43)31-26-32(47-39-21-9-5-17-35(39)36-18-6-10-22-40(36)47)29-33(27-31)48-41-23-11-7-19-37(41)38-20-8-12-24-42(38)48/h5-12,14-24,26-29H,2-4,13,25H2,1H3. The molecule has 3 heterocycles. The summed E-state index contributed by atoms with van der Waals surface area (Å²) in [4.78, 5) is 0. The van der Waals surface area contributed by atoms with E-state index in [4.69, 9.17) is 9.15 Å². The Kier molecular flexibility index (Phi) is 7.62. The number of hydrogen-bond donors (Lipinski definition) is 0. The van der Waals surface area contributed by atoms with Gasteiger partial charge in [0.1, 0.15) is 5.75 Å². The van der Waals surface area contributed by atoms with Crippen molar-refractivity contribution in [3.05, 3.63) is 140 Å². The molecule has 6 heteroatoms. The van der Waals surface area contributed by atoms with E-state index < -0.39 is 0 Å². The number of unbranched alkanes of at least 4 members (excludes halogenated alkanes) is 3. The predicted octanol–water partition coefficient (Wildman–Crippen LogP) is 11.6. The molecule has 0 spiro atoms. The van der Waals surface area contributed by atoms with Crippen LogP contribution in [0.1, 0.15) is 32.6 Å². The van der Waals surface area contributed by atoms with Gasteiger partial charge in [0.15, 0.2) is 0 Å². The number of aromatic nitrogens is 4. The average molecular weight is 653 g/mol. The Morgan fingerprint density at radius 1 is 0.500 bits per heavy atom. The van der Waals surface area contributed by atoms with Crippen LogP contribution in [0.25, 0.3) is 77.9 Å². The minimum atomic E-state index is 0.454. The van der Waals surface area contributed by atoms with E-state index in [1.807, 2.05) is 24.3 Å². The zero-order chi connectivity index (χ0) is 33.4. The summed E-state index contributed by atoms with van der Waals surface area (Å²) in [6, 6.07) is 48.8. The van der Waals surface area contributed by atoms with E-state index in [2.05, 4.69) is 142 Å². The molecular formula is C44H36N4O2. The van der Waals surface area contributed by atoms with Crippen LogP contribution >= 0.6 is 0 Å². The fourth-order valence-electron chi connectivity index (χ4n) is 7.27. The highest BCUT2D eigenvalue weighted by Gasteiger charge is 2.19. The zero-order valence-electron chi connectivity index (χ0n) is 27.9. The molecule has 0 saturated heterocycles. The van der Waals surface area contributed by atoms with Crippen LogP contribution in [0.4, 0.5) is 0 Å². The Morgan fingerprint density at radius 2 is 1.00 bits per heavy atom. The first-order valence-electron chi connectivity index (χ1n) is 17.5. The minimum Gasteiger partial charge on any atom is -0.494 e. The summed E-state index contributed by atoms with van der Waals surface area (Å²) >= 11 is 0. The summed E-state index contributed by atoms with van der Waals surface area (Å²) in [5.41, 5.74) is 8.23. The predicted molar refractivity (Wildman–Crippen MR) is 203 cm³/mol. The molecule has 244 valence electrons. The molecule has 0 atom stereocenters. The third-order valence-corrected chi connectivity index (χ3v) is 9.60. The largest absolute Gasteiger partial charge is 0.494 e. The van der Waals surface area contributed by atoms with E-state index in [9.17, 15) is 0 Å².